The Morgan fingerprint density at radius 1 is 1.03 bits per heavy atom. The van der Waals surface area contributed by atoms with Gasteiger partial charge in [-0.15, -0.1) is 0 Å². The SMILES string of the molecule is O=C(C[C@H]1CC2=C(C[C@@H](c3ccc(F)cc3)CC2=O)NC1=O)Nc1ccc(Cl)cc1. The van der Waals surface area contributed by atoms with Crippen molar-refractivity contribution in [3.05, 3.63) is 76.2 Å². The maximum absolute atomic E-state index is 13.2. The molecule has 0 fully saturated rings. The van der Waals surface area contributed by atoms with Crippen molar-refractivity contribution in [2.24, 2.45) is 5.92 Å². The first-order chi connectivity index (χ1) is 14.4. The molecule has 2 atom stereocenters. The summed E-state index contributed by atoms with van der Waals surface area (Å²) in [6.45, 7) is 0. The Morgan fingerprint density at radius 2 is 1.73 bits per heavy atom. The van der Waals surface area contributed by atoms with E-state index < -0.39 is 5.92 Å². The fourth-order valence-electron chi connectivity index (χ4n) is 4.01. The number of hydrogen-bond donors (Lipinski definition) is 2. The quantitative estimate of drug-likeness (QED) is 0.763. The lowest BCUT2D eigenvalue weighted by Gasteiger charge is -2.33. The normalized spacial score (nSPS) is 21.1. The van der Waals surface area contributed by atoms with Gasteiger partial charge in [-0.2, -0.15) is 0 Å². The van der Waals surface area contributed by atoms with Crippen LogP contribution in [0.3, 0.4) is 0 Å². The number of carbonyl (C=O) groups excluding carboxylic acids is 3. The maximum atomic E-state index is 13.2. The molecule has 0 saturated carbocycles. The van der Waals surface area contributed by atoms with E-state index in [0.29, 0.717) is 34.8 Å². The third kappa shape index (κ3) is 4.44. The minimum absolute atomic E-state index is 0.0140. The van der Waals surface area contributed by atoms with E-state index in [1.54, 1.807) is 36.4 Å². The molecule has 2 aromatic carbocycles. The van der Waals surface area contributed by atoms with Crippen LogP contribution in [0.25, 0.3) is 0 Å². The summed E-state index contributed by atoms with van der Waals surface area (Å²) in [4.78, 5) is 37.7. The van der Waals surface area contributed by atoms with Crippen LogP contribution in [0.5, 0.6) is 0 Å². The van der Waals surface area contributed by atoms with Crippen molar-refractivity contribution in [2.75, 3.05) is 5.32 Å². The Balaban J connectivity index is 1.43. The first-order valence-corrected chi connectivity index (χ1v) is 10.1. The number of nitrogens with one attached hydrogen (secondary N) is 2. The van der Waals surface area contributed by atoms with Gasteiger partial charge in [-0.3, -0.25) is 14.4 Å². The van der Waals surface area contributed by atoms with Gasteiger partial charge < -0.3 is 10.6 Å². The van der Waals surface area contributed by atoms with E-state index in [-0.39, 0.29) is 42.2 Å². The second kappa shape index (κ2) is 8.40. The van der Waals surface area contributed by atoms with Crippen LogP contribution in [-0.4, -0.2) is 17.6 Å². The average Bonchev–Trinajstić information content (AvgIpc) is 2.71. The number of benzene rings is 2. The number of allylic oxidation sites excluding steroid dienone is 2. The summed E-state index contributed by atoms with van der Waals surface area (Å²) in [5, 5.41) is 6.14. The van der Waals surface area contributed by atoms with Crippen LogP contribution >= 0.6 is 11.6 Å². The molecule has 0 saturated heterocycles. The molecule has 4 rings (SSSR count). The molecule has 30 heavy (non-hydrogen) atoms. The van der Waals surface area contributed by atoms with E-state index in [2.05, 4.69) is 10.6 Å². The van der Waals surface area contributed by atoms with Gasteiger partial charge in [-0.25, -0.2) is 4.39 Å². The summed E-state index contributed by atoms with van der Waals surface area (Å²) in [7, 11) is 0. The van der Waals surface area contributed by atoms with E-state index in [4.69, 9.17) is 11.6 Å². The number of amides is 2. The second-order valence-corrected chi connectivity index (χ2v) is 8.12. The van der Waals surface area contributed by atoms with E-state index in [9.17, 15) is 18.8 Å². The van der Waals surface area contributed by atoms with Gasteiger partial charge in [0.05, 0.1) is 5.92 Å². The number of rotatable bonds is 4. The first kappa shape index (κ1) is 20.3. The molecule has 0 bridgehead atoms. The summed E-state index contributed by atoms with van der Waals surface area (Å²) in [5.41, 5.74) is 2.68. The predicted molar refractivity (Wildman–Crippen MR) is 111 cm³/mol. The molecule has 0 radical (unpaired) electrons. The molecule has 2 aromatic rings. The molecular formula is C23H20ClFN2O3. The van der Waals surface area contributed by atoms with E-state index in [1.165, 1.54) is 12.1 Å². The summed E-state index contributed by atoms with van der Waals surface area (Å²) in [5.74, 6) is -1.61. The van der Waals surface area contributed by atoms with E-state index in [1.807, 2.05) is 0 Å². The Kier molecular flexibility index (Phi) is 5.68. The van der Waals surface area contributed by atoms with Crippen LogP contribution in [0.2, 0.25) is 5.02 Å². The monoisotopic (exact) mass is 426 g/mol. The zero-order chi connectivity index (χ0) is 21.3. The molecule has 1 aliphatic carbocycles. The summed E-state index contributed by atoms with van der Waals surface area (Å²) < 4.78 is 13.2. The molecular weight excluding hydrogens is 407 g/mol. The van der Waals surface area contributed by atoms with Crippen molar-refractivity contribution in [3.8, 4) is 0 Å². The Labute approximate surface area is 178 Å². The van der Waals surface area contributed by atoms with Gasteiger partial charge >= 0.3 is 0 Å². The number of halogens is 2. The third-order valence-corrected chi connectivity index (χ3v) is 5.83. The van der Waals surface area contributed by atoms with Gasteiger partial charge in [0, 0.05) is 34.8 Å². The lowest BCUT2D eigenvalue weighted by Crippen LogP contribution is -2.41. The summed E-state index contributed by atoms with van der Waals surface area (Å²) >= 11 is 5.84. The Bertz CT molecular complexity index is 1030. The maximum Gasteiger partial charge on any atom is 0.228 e. The van der Waals surface area contributed by atoms with Gasteiger partial charge in [0.2, 0.25) is 11.8 Å². The highest BCUT2D eigenvalue weighted by Crippen LogP contribution is 2.38. The number of carbonyl (C=O) groups is 3. The van der Waals surface area contributed by atoms with Gasteiger partial charge in [0.1, 0.15) is 5.82 Å². The number of ketones is 1. The molecule has 0 spiro atoms. The van der Waals surface area contributed by atoms with Crippen molar-refractivity contribution in [2.45, 2.75) is 31.6 Å². The Morgan fingerprint density at radius 3 is 2.43 bits per heavy atom. The zero-order valence-electron chi connectivity index (χ0n) is 16.1. The van der Waals surface area contributed by atoms with Gasteiger partial charge in [0.25, 0.3) is 0 Å². The average molecular weight is 427 g/mol. The third-order valence-electron chi connectivity index (χ3n) is 5.58. The predicted octanol–water partition coefficient (Wildman–Crippen LogP) is 4.34. The molecule has 7 heteroatoms. The number of hydrogen-bond acceptors (Lipinski definition) is 3. The molecule has 5 nitrogen and oxygen atoms in total. The fourth-order valence-corrected chi connectivity index (χ4v) is 4.14. The smallest absolute Gasteiger partial charge is 0.228 e. The number of Topliss-reactive ketones (excluding diaryl/α,β-unsaturated/α-hetero) is 1. The molecule has 2 aliphatic rings. The molecule has 2 N–H and O–H groups in total. The molecule has 1 aliphatic heterocycles. The summed E-state index contributed by atoms with van der Waals surface area (Å²) in [6, 6.07) is 12.8. The van der Waals surface area contributed by atoms with E-state index >= 15 is 0 Å². The van der Waals surface area contributed by atoms with E-state index in [0.717, 1.165) is 5.56 Å². The Hall–Kier alpha value is -2.99. The van der Waals surface area contributed by atoms with Gasteiger partial charge in [-0.1, -0.05) is 23.7 Å². The van der Waals surface area contributed by atoms with Crippen LogP contribution in [-0.2, 0) is 14.4 Å². The van der Waals surface area contributed by atoms with Crippen LogP contribution in [0, 0.1) is 11.7 Å². The lowest BCUT2D eigenvalue weighted by atomic mass is 9.77. The molecule has 0 unspecified atom stereocenters. The first-order valence-electron chi connectivity index (χ1n) is 9.76. The van der Waals surface area contributed by atoms with Gasteiger partial charge in [0.15, 0.2) is 5.78 Å². The van der Waals surface area contributed by atoms with Crippen molar-refractivity contribution in [1.82, 2.24) is 5.32 Å². The van der Waals surface area contributed by atoms with Crippen molar-refractivity contribution < 1.29 is 18.8 Å². The van der Waals surface area contributed by atoms with Gasteiger partial charge in [-0.05, 0) is 60.7 Å². The van der Waals surface area contributed by atoms with Crippen LogP contribution < -0.4 is 10.6 Å². The highest BCUT2D eigenvalue weighted by Gasteiger charge is 2.37. The lowest BCUT2D eigenvalue weighted by molar-refractivity contribution is -0.129. The largest absolute Gasteiger partial charge is 0.329 e. The second-order valence-electron chi connectivity index (χ2n) is 7.69. The highest BCUT2D eigenvalue weighted by molar-refractivity contribution is 6.30. The van der Waals surface area contributed by atoms with Crippen LogP contribution in [0.1, 0.15) is 37.2 Å². The minimum atomic E-state index is -0.595. The molecule has 154 valence electrons. The van der Waals surface area contributed by atoms with Crippen LogP contribution in [0.4, 0.5) is 10.1 Å². The fraction of sp³-hybridized carbons (Fsp3) is 0.261. The van der Waals surface area contributed by atoms with Crippen molar-refractivity contribution in [3.63, 3.8) is 0 Å². The minimum Gasteiger partial charge on any atom is -0.329 e. The van der Waals surface area contributed by atoms with Crippen LogP contribution in [0.15, 0.2) is 59.8 Å². The standard InChI is InChI=1S/C23H20ClFN2O3/c24-16-3-7-18(8-4-16)26-22(29)12-15-9-19-20(27-23(15)30)10-14(11-21(19)28)13-1-5-17(25)6-2-13/h1-8,14-15H,9-12H2,(H,26,29)(H,27,30)/t14-,15-/m1/s1. The van der Waals surface area contributed by atoms with Crippen molar-refractivity contribution in [1.29, 1.82) is 0 Å². The topological polar surface area (TPSA) is 75.3 Å². The molecule has 0 aromatic heterocycles. The highest BCUT2D eigenvalue weighted by atomic mass is 35.5. The van der Waals surface area contributed by atoms with Crippen molar-refractivity contribution >= 4 is 34.9 Å². The molecule has 2 amide bonds. The summed E-state index contributed by atoms with van der Waals surface area (Å²) in [6.07, 6.45) is 1.07. The molecule has 1 heterocycles. The zero-order valence-corrected chi connectivity index (χ0v) is 16.8. The number of anilines is 1.